The van der Waals surface area contributed by atoms with E-state index < -0.39 is 22.0 Å². The number of carbonyl (C=O) groups is 1. The summed E-state index contributed by atoms with van der Waals surface area (Å²) in [5.74, 6) is -1.08. The van der Waals surface area contributed by atoms with E-state index in [1.165, 1.54) is 12.1 Å². The van der Waals surface area contributed by atoms with Gasteiger partial charge in [-0.1, -0.05) is 109 Å². The van der Waals surface area contributed by atoms with Crippen molar-refractivity contribution in [1.29, 1.82) is 0 Å². The second-order valence-electron chi connectivity index (χ2n) is 9.64. The maximum Gasteiger partial charge on any atom is 0.353 e. The highest BCUT2D eigenvalue weighted by Gasteiger charge is 2.30. The lowest BCUT2D eigenvalue weighted by molar-refractivity contribution is 0.0686. The number of aromatic nitrogens is 1. The number of benzene rings is 5. The lowest BCUT2D eigenvalue weighted by Gasteiger charge is -2.23. The quantitative estimate of drug-likeness (QED) is 0.203. The number of anilines is 1. The second-order valence-corrected chi connectivity index (χ2v) is 11.3. The third kappa shape index (κ3) is 4.99. The number of rotatable bonds is 8. The van der Waals surface area contributed by atoms with Crippen LogP contribution in [0.1, 0.15) is 27.7 Å². The smallest absolute Gasteiger partial charge is 0.353 e. The van der Waals surface area contributed by atoms with E-state index in [0.717, 1.165) is 16.7 Å². The molecule has 0 aliphatic heterocycles. The van der Waals surface area contributed by atoms with Gasteiger partial charge in [0.25, 0.3) is 10.0 Å². The van der Waals surface area contributed by atoms with Gasteiger partial charge in [-0.25, -0.2) is 13.2 Å². The Morgan fingerprint density at radius 3 is 1.73 bits per heavy atom. The van der Waals surface area contributed by atoms with E-state index in [1.54, 1.807) is 36.4 Å². The maximum absolute atomic E-state index is 13.1. The number of carboxylic acid groups (broad SMARTS) is 1. The second kappa shape index (κ2) is 10.8. The molecule has 0 aliphatic carbocycles. The fourth-order valence-corrected chi connectivity index (χ4v) is 6.40. The lowest BCUT2D eigenvalue weighted by atomic mass is 9.97. The molecule has 2 N–H and O–H groups in total. The van der Waals surface area contributed by atoms with E-state index in [9.17, 15) is 18.3 Å². The van der Waals surface area contributed by atoms with Crippen LogP contribution in [-0.4, -0.2) is 24.1 Å². The van der Waals surface area contributed by atoms with Crippen LogP contribution < -0.4 is 4.72 Å². The van der Waals surface area contributed by atoms with Crippen LogP contribution in [0.3, 0.4) is 0 Å². The van der Waals surface area contributed by atoms with Crippen LogP contribution in [0.2, 0.25) is 0 Å². The van der Waals surface area contributed by atoms with Gasteiger partial charge in [0.2, 0.25) is 0 Å². The van der Waals surface area contributed by atoms with Crippen molar-refractivity contribution in [2.24, 2.45) is 0 Å². The zero-order chi connectivity index (χ0) is 28.4. The van der Waals surface area contributed by atoms with E-state index in [-0.39, 0.29) is 10.6 Å². The number of hydrogen-bond acceptors (Lipinski definition) is 3. The zero-order valence-corrected chi connectivity index (χ0v) is 22.7. The highest BCUT2D eigenvalue weighted by Crippen LogP contribution is 2.41. The molecule has 202 valence electrons. The molecule has 5 aromatic carbocycles. The van der Waals surface area contributed by atoms with E-state index >= 15 is 0 Å². The molecule has 0 bridgehead atoms. The summed E-state index contributed by atoms with van der Waals surface area (Å²) in [4.78, 5) is 13.3. The summed E-state index contributed by atoms with van der Waals surface area (Å²) in [5.41, 5.74) is 4.21. The predicted octanol–water partition coefficient (Wildman–Crippen LogP) is 7.45. The molecule has 0 atom stereocenters. The molecule has 1 heterocycles. The topological polar surface area (TPSA) is 88.4 Å². The molecule has 0 amide bonds. The molecule has 6 aromatic rings. The third-order valence-corrected chi connectivity index (χ3v) is 8.46. The summed E-state index contributed by atoms with van der Waals surface area (Å²) in [6.07, 6.45) is 0. The number of fused-ring (bicyclic) bond motifs is 1. The summed E-state index contributed by atoms with van der Waals surface area (Å²) in [5, 5.41) is 11.3. The van der Waals surface area contributed by atoms with Crippen molar-refractivity contribution in [3.63, 3.8) is 0 Å². The summed E-state index contributed by atoms with van der Waals surface area (Å²) >= 11 is 0. The van der Waals surface area contributed by atoms with Crippen LogP contribution in [0.4, 0.5) is 5.69 Å². The summed E-state index contributed by atoms with van der Waals surface area (Å²) in [6.45, 7) is 0. The normalized spacial score (nSPS) is 11.5. The maximum atomic E-state index is 13.1. The first-order valence-corrected chi connectivity index (χ1v) is 14.6. The zero-order valence-electron chi connectivity index (χ0n) is 21.9. The molecule has 6 nitrogen and oxygen atoms in total. The highest BCUT2D eigenvalue weighted by atomic mass is 32.2. The minimum absolute atomic E-state index is 0.118. The molecular weight excluding hydrogens is 532 g/mol. The number of nitrogens with one attached hydrogen (secondary N) is 1. The highest BCUT2D eigenvalue weighted by molar-refractivity contribution is 7.92. The Morgan fingerprint density at radius 2 is 1.20 bits per heavy atom. The third-order valence-electron chi connectivity index (χ3n) is 7.06. The van der Waals surface area contributed by atoms with E-state index in [1.807, 2.05) is 95.6 Å². The average molecular weight is 559 g/mol. The van der Waals surface area contributed by atoms with Gasteiger partial charge < -0.3 is 9.67 Å². The Labute approximate surface area is 238 Å². The van der Waals surface area contributed by atoms with Crippen LogP contribution in [0.15, 0.2) is 144 Å². The minimum Gasteiger partial charge on any atom is -0.477 e. The van der Waals surface area contributed by atoms with Crippen molar-refractivity contribution in [3.05, 3.63) is 156 Å². The van der Waals surface area contributed by atoms with Crippen molar-refractivity contribution in [2.45, 2.75) is 10.9 Å². The summed E-state index contributed by atoms with van der Waals surface area (Å²) in [6, 6.07) is 41.7. The van der Waals surface area contributed by atoms with Crippen molar-refractivity contribution in [1.82, 2.24) is 4.57 Å². The number of aromatic carboxylic acids is 1. The summed E-state index contributed by atoms with van der Waals surface area (Å²) in [7, 11) is -3.85. The van der Waals surface area contributed by atoms with Gasteiger partial charge in [0.1, 0.15) is 5.69 Å². The Kier molecular flexibility index (Phi) is 6.87. The number of hydrogen-bond donors (Lipinski definition) is 2. The van der Waals surface area contributed by atoms with Crippen molar-refractivity contribution >= 4 is 32.6 Å². The van der Waals surface area contributed by atoms with Crippen LogP contribution in [-0.2, 0) is 10.0 Å². The summed E-state index contributed by atoms with van der Waals surface area (Å²) < 4.78 is 30.8. The largest absolute Gasteiger partial charge is 0.477 e. The van der Waals surface area contributed by atoms with Gasteiger partial charge >= 0.3 is 5.97 Å². The van der Waals surface area contributed by atoms with Gasteiger partial charge in [0.15, 0.2) is 0 Å². The number of nitrogens with zero attached hydrogens (tertiary/aromatic N) is 1. The number of sulfonamides is 1. The minimum atomic E-state index is -3.85. The lowest BCUT2D eigenvalue weighted by Crippen LogP contribution is -2.18. The molecule has 0 radical (unpaired) electrons. The SMILES string of the molecule is O=C(O)c1c(-c2ccccc2)c2cc(NS(=O)(=O)c3ccccc3)ccc2n1C(c1ccccc1)c1ccccc1. The molecule has 6 rings (SSSR count). The van der Waals surface area contributed by atoms with Gasteiger partial charge in [-0.15, -0.1) is 0 Å². The van der Waals surface area contributed by atoms with Crippen molar-refractivity contribution < 1.29 is 18.3 Å². The molecule has 0 saturated heterocycles. The van der Waals surface area contributed by atoms with Gasteiger partial charge in [-0.3, -0.25) is 4.72 Å². The van der Waals surface area contributed by atoms with Gasteiger partial charge in [-0.05, 0) is 47.0 Å². The molecule has 7 heteroatoms. The average Bonchev–Trinajstić information content (AvgIpc) is 3.33. The van der Waals surface area contributed by atoms with Crippen LogP contribution >= 0.6 is 0 Å². The fraction of sp³-hybridized carbons (Fsp3) is 0.0294. The Bertz CT molecular complexity index is 1900. The van der Waals surface area contributed by atoms with Gasteiger partial charge in [0.05, 0.1) is 16.5 Å². The van der Waals surface area contributed by atoms with Gasteiger partial charge in [-0.2, -0.15) is 0 Å². The first-order chi connectivity index (χ1) is 19.9. The Hall–Kier alpha value is -5.14. The van der Waals surface area contributed by atoms with Crippen LogP contribution in [0.5, 0.6) is 0 Å². The molecule has 0 unspecified atom stereocenters. The standard InChI is InChI=1S/C34H26N2O4S/c37-34(38)33-31(24-13-5-1-6-14-24)29-23-27(35-41(39,40)28-19-11-4-12-20-28)21-22-30(29)36(33)32(25-15-7-2-8-16-25)26-17-9-3-10-18-26/h1-23,32,35H,(H,37,38). The Balaban J connectivity index is 1.64. The van der Waals surface area contributed by atoms with E-state index in [2.05, 4.69) is 4.72 Å². The molecule has 0 spiro atoms. The van der Waals surface area contributed by atoms with Crippen molar-refractivity contribution in [2.75, 3.05) is 4.72 Å². The molecule has 41 heavy (non-hydrogen) atoms. The van der Waals surface area contributed by atoms with Gasteiger partial charge in [0, 0.05) is 16.6 Å². The monoisotopic (exact) mass is 558 g/mol. The van der Waals surface area contributed by atoms with Crippen LogP contribution in [0, 0.1) is 0 Å². The van der Waals surface area contributed by atoms with E-state index in [4.69, 9.17) is 0 Å². The molecular formula is C34H26N2O4S. The first-order valence-electron chi connectivity index (χ1n) is 13.1. The fourth-order valence-electron chi connectivity index (χ4n) is 5.33. The van der Waals surface area contributed by atoms with Crippen molar-refractivity contribution in [3.8, 4) is 11.1 Å². The van der Waals surface area contributed by atoms with E-state index in [0.29, 0.717) is 22.2 Å². The molecule has 0 saturated carbocycles. The van der Waals surface area contributed by atoms with Crippen LogP contribution in [0.25, 0.3) is 22.0 Å². The Morgan fingerprint density at radius 1 is 0.683 bits per heavy atom. The number of carboxylic acids is 1. The molecule has 0 aliphatic rings. The predicted molar refractivity (Wildman–Crippen MR) is 162 cm³/mol. The molecule has 1 aromatic heterocycles. The molecule has 0 fully saturated rings. The first kappa shape index (κ1) is 26.1.